The van der Waals surface area contributed by atoms with Gasteiger partial charge in [-0.25, -0.2) is 0 Å². The first-order chi connectivity index (χ1) is 10.5. The number of non-ortho nitro benzene ring substituents is 1. The largest absolute Gasteiger partial charge is 0.544 e. The predicted octanol–water partition coefficient (Wildman–Crippen LogP) is 1.42. The van der Waals surface area contributed by atoms with Gasteiger partial charge in [0.1, 0.15) is 0 Å². The van der Waals surface area contributed by atoms with Crippen LogP contribution < -0.4 is 5.11 Å². The molecule has 114 valence electrons. The van der Waals surface area contributed by atoms with Crippen molar-refractivity contribution in [3.05, 3.63) is 50.7 Å². The highest BCUT2D eigenvalue weighted by Crippen LogP contribution is 2.27. The summed E-state index contributed by atoms with van der Waals surface area (Å²) in [5.74, 6) is -1.05. The van der Waals surface area contributed by atoms with Crippen molar-refractivity contribution >= 4 is 29.5 Å². The number of carbonyl (C=O) groups is 1. The lowest BCUT2D eigenvalue weighted by atomic mass is 10.2. The maximum absolute atomic E-state index is 11.2. The van der Waals surface area contributed by atoms with Gasteiger partial charge in [-0.2, -0.15) is 0 Å². The molecule has 9 heteroatoms. The number of nitro groups is 1. The molecule has 8 nitrogen and oxygen atoms in total. The summed E-state index contributed by atoms with van der Waals surface area (Å²) in [6, 6.07) is 5.58. The van der Waals surface area contributed by atoms with E-state index in [-0.39, 0.29) is 15.8 Å². The standard InChI is InChI=1S/C13H11N3O5S/c1-2-11-14-15-13(21-11)22-10(12(17)18)7-8-4-3-5-9(6-8)16(19)20/h3-7H,2H2,1H3,(H,17,18)/p-1/b10-7-. The van der Waals surface area contributed by atoms with E-state index in [4.69, 9.17) is 4.42 Å². The molecule has 0 bridgehead atoms. The van der Waals surface area contributed by atoms with Crippen LogP contribution in [0.25, 0.3) is 6.08 Å². The molecule has 22 heavy (non-hydrogen) atoms. The summed E-state index contributed by atoms with van der Waals surface area (Å²) in [5, 5.41) is 29.4. The average molecular weight is 320 g/mol. The van der Waals surface area contributed by atoms with Crippen LogP contribution in [0.3, 0.4) is 0 Å². The molecule has 0 spiro atoms. The molecule has 0 saturated heterocycles. The second-order valence-corrected chi connectivity index (χ2v) is 5.06. The lowest BCUT2D eigenvalue weighted by Crippen LogP contribution is -2.23. The third-order valence-corrected chi connectivity index (χ3v) is 3.37. The molecule has 0 unspecified atom stereocenters. The summed E-state index contributed by atoms with van der Waals surface area (Å²) < 4.78 is 5.21. The number of aliphatic carboxylic acids is 1. The van der Waals surface area contributed by atoms with Crippen molar-refractivity contribution in [2.45, 2.75) is 18.6 Å². The number of thioether (sulfide) groups is 1. The Morgan fingerprint density at radius 2 is 2.23 bits per heavy atom. The van der Waals surface area contributed by atoms with Crippen LogP contribution in [0.4, 0.5) is 5.69 Å². The average Bonchev–Trinajstić information content (AvgIpc) is 2.94. The number of nitrogens with zero attached hydrogens (tertiary/aromatic N) is 3. The van der Waals surface area contributed by atoms with Crippen LogP contribution in [0.1, 0.15) is 18.4 Å². The number of benzene rings is 1. The van der Waals surface area contributed by atoms with Gasteiger partial charge in [0.25, 0.3) is 10.9 Å². The Morgan fingerprint density at radius 1 is 1.45 bits per heavy atom. The van der Waals surface area contributed by atoms with Crippen LogP contribution in [-0.4, -0.2) is 21.1 Å². The van der Waals surface area contributed by atoms with Crippen LogP contribution in [0, 0.1) is 10.1 Å². The first kappa shape index (κ1) is 15.7. The first-order valence-electron chi connectivity index (χ1n) is 6.17. The normalized spacial score (nSPS) is 11.4. The van der Waals surface area contributed by atoms with E-state index in [2.05, 4.69) is 10.2 Å². The number of aryl methyl sites for hydroxylation is 1. The second-order valence-electron chi connectivity index (χ2n) is 4.07. The van der Waals surface area contributed by atoms with E-state index in [1.807, 2.05) is 6.92 Å². The molecular formula is C13H10N3O5S-. The fourth-order valence-electron chi connectivity index (χ4n) is 1.53. The van der Waals surface area contributed by atoms with Gasteiger partial charge >= 0.3 is 0 Å². The molecule has 0 saturated carbocycles. The molecule has 0 aliphatic heterocycles. The molecule has 0 aliphatic rings. The zero-order valence-corrected chi connectivity index (χ0v) is 12.2. The topological polar surface area (TPSA) is 122 Å². The van der Waals surface area contributed by atoms with Gasteiger partial charge in [0.15, 0.2) is 0 Å². The zero-order chi connectivity index (χ0) is 16.1. The lowest BCUT2D eigenvalue weighted by molar-refractivity contribution is -0.384. The number of hydrogen-bond acceptors (Lipinski definition) is 8. The van der Waals surface area contributed by atoms with E-state index in [0.717, 1.165) is 11.8 Å². The smallest absolute Gasteiger partial charge is 0.281 e. The minimum atomic E-state index is -1.44. The Bertz CT molecular complexity index is 741. The third-order valence-electron chi connectivity index (χ3n) is 2.53. The summed E-state index contributed by atoms with van der Waals surface area (Å²) in [7, 11) is 0. The van der Waals surface area contributed by atoms with Crippen LogP contribution >= 0.6 is 11.8 Å². The number of rotatable bonds is 6. The molecule has 1 aromatic heterocycles. The number of carbonyl (C=O) groups excluding carboxylic acids is 1. The molecule has 1 heterocycles. The first-order valence-corrected chi connectivity index (χ1v) is 6.99. The van der Waals surface area contributed by atoms with Crippen LogP contribution in [-0.2, 0) is 11.2 Å². The van der Waals surface area contributed by atoms with Crippen molar-refractivity contribution in [2.24, 2.45) is 0 Å². The summed E-state index contributed by atoms with van der Waals surface area (Å²) in [6.45, 7) is 1.82. The molecule has 0 fully saturated rings. The van der Waals surface area contributed by atoms with Crippen molar-refractivity contribution in [3.63, 3.8) is 0 Å². The molecule has 1 aromatic carbocycles. The number of carboxylic acids is 1. The maximum atomic E-state index is 11.2. The quantitative estimate of drug-likeness (QED) is 0.339. The van der Waals surface area contributed by atoms with Crippen molar-refractivity contribution < 1.29 is 19.2 Å². The van der Waals surface area contributed by atoms with E-state index in [9.17, 15) is 20.0 Å². The summed E-state index contributed by atoms with van der Waals surface area (Å²) in [6.07, 6.45) is 1.78. The van der Waals surface area contributed by atoms with Crippen molar-refractivity contribution in [2.75, 3.05) is 0 Å². The fourth-order valence-corrected chi connectivity index (χ4v) is 2.21. The molecule has 0 N–H and O–H groups in total. The molecule has 2 aromatic rings. The second kappa shape index (κ2) is 6.85. The van der Waals surface area contributed by atoms with Gasteiger partial charge in [-0.1, -0.05) is 19.1 Å². The third kappa shape index (κ3) is 3.92. The van der Waals surface area contributed by atoms with E-state index in [1.54, 1.807) is 6.07 Å². The van der Waals surface area contributed by atoms with E-state index < -0.39 is 10.9 Å². The van der Waals surface area contributed by atoms with E-state index in [1.165, 1.54) is 24.3 Å². The Hall–Kier alpha value is -2.68. The van der Waals surface area contributed by atoms with Crippen LogP contribution in [0.2, 0.25) is 0 Å². The van der Waals surface area contributed by atoms with Crippen molar-refractivity contribution in [3.8, 4) is 0 Å². The monoisotopic (exact) mass is 320 g/mol. The summed E-state index contributed by atoms with van der Waals surface area (Å²) in [4.78, 5) is 21.1. The predicted molar refractivity (Wildman–Crippen MR) is 75.6 cm³/mol. The van der Waals surface area contributed by atoms with Crippen molar-refractivity contribution in [1.82, 2.24) is 10.2 Å². The van der Waals surface area contributed by atoms with Gasteiger partial charge in [-0.05, 0) is 23.4 Å². The van der Waals surface area contributed by atoms with E-state index >= 15 is 0 Å². The number of carboxylic acid groups (broad SMARTS) is 1. The molecule has 0 radical (unpaired) electrons. The number of hydrogen-bond donors (Lipinski definition) is 0. The highest BCUT2D eigenvalue weighted by atomic mass is 32.2. The molecule has 0 aliphatic carbocycles. The zero-order valence-electron chi connectivity index (χ0n) is 11.4. The maximum Gasteiger partial charge on any atom is 0.281 e. The van der Waals surface area contributed by atoms with Gasteiger partial charge < -0.3 is 14.3 Å². The van der Waals surface area contributed by atoms with Gasteiger partial charge in [0.2, 0.25) is 5.89 Å². The number of aromatic nitrogens is 2. The van der Waals surface area contributed by atoms with Gasteiger partial charge in [0.05, 0.1) is 10.9 Å². The summed E-state index contributed by atoms with van der Waals surface area (Å²) >= 11 is 0.731. The van der Waals surface area contributed by atoms with Crippen LogP contribution in [0.15, 0.2) is 38.8 Å². The fraction of sp³-hybridized carbons (Fsp3) is 0.154. The minimum absolute atomic E-state index is 0.0673. The highest BCUT2D eigenvalue weighted by molar-refractivity contribution is 8.03. The van der Waals surface area contributed by atoms with Gasteiger partial charge in [-0.3, -0.25) is 10.1 Å². The Morgan fingerprint density at radius 3 is 2.82 bits per heavy atom. The molecule has 0 amide bonds. The highest BCUT2D eigenvalue weighted by Gasteiger charge is 2.11. The Labute approximate surface area is 129 Å². The SMILES string of the molecule is CCc1nnc(S/C(=C\c2cccc([N+](=O)[O-])c2)C(=O)[O-])o1. The molecule has 0 atom stereocenters. The summed E-state index contributed by atoms with van der Waals surface area (Å²) in [5.41, 5.74) is 0.221. The Kier molecular flexibility index (Phi) is 4.89. The van der Waals surface area contributed by atoms with Crippen molar-refractivity contribution in [1.29, 1.82) is 0 Å². The minimum Gasteiger partial charge on any atom is -0.544 e. The lowest BCUT2D eigenvalue weighted by Gasteiger charge is -2.05. The Balaban J connectivity index is 2.28. The van der Waals surface area contributed by atoms with E-state index in [0.29, 0.717) is 17.9 Å². The van der Waals surface area contributed by atoms with Gasteiger partial charge in [-0.15, -0.1) is 10.2 Å². The molecule has 2 rings (SSSR count). The van der Waals surface area contributed by atoms with Crippen LogP contribution in [0.5, 0.6) is 0 Å². The molecular weight excluding hydrogens is 310 g/mol. The number of nitro benzene ring substituents is 1. The van der Waals surface area contributed by atoms with Gasteiger partial charge in [0, 0.05) is 23.5 Å².